The molecule has 4 heterocycles. The molecule has 12 heteroatoms. The number of fused-ring (bicyclic) bond motifs is 1. The second kappa shape index (κ2) is 9.03. The lowest BCUT2D eigenvalue weighted by Crippen LogP contribution is -2.26. The number of carbonyl (C=O) groups excluding carboxylic acids is 1. The number of rotatable bonds is 7. The van der Waals surface area contributed by atoms with Crippen molar-refractivity contribution in [3.63, 3.8) is 0 Å². The number of aromatic nitrogens is 8. The first-order valence-electron chi connectivity index (χ1n) is 12.3. The summed E-state index contributed by atoms with van der Waals surface area (Å²) in [7, 11) is 0. The van der Waals surface area contributed by atoms with Gasteiger partial charge >= 0.3 is 0 Å². The first kappa shape index (κ1) is 24.3. The molecule has 1 aliphatic carbocycles. The van der Waals surface area contributed by atoms with Crippen molar-refractivity contribution in [3.8, 4) is 22.5 Å². The summed E-state index contributed by atoms with van der Waals surface area (Å²) in [6, 6.07) is 9.39. The predicted octanol–water partition coefficient (Wildman–Crippen LogP) is 4.17. The minimum Gasteiger partial charge on any atom is -0.389 e. The van der Waals surface area contributed by atoms with Crippen molar-refractivity contribution in [2.45, 2.75) is 51.8 Å². The van der Waals surface area contributed by atoms with Gasteiger partial charge in [-0.1, -0.05) is 11.6 Å². The molecule has 2 N–H and O–H groups in total. The highest BCUT2D eigenvalue weighted by Crippen LogP contribution is 2.34. The van der Waals surface area contributed by atoms with E-state index in [2.05, 4.69) is 30.9 Å². The van der Waals surface area contributed by atoms with E-state index in [1.165, 1.54) is 6.20 Å². The SMILES string of the molecule is Cc1nn(CC(C)(C)O)cc1-c1ccn2ncc(C(=O)Nc3cc(-c4nnn(C5CC5)n4)ccc3Cl)c2c1. The summed E-state index contributed by atoms with van der Waals surface area (Å²) in [5.74, 6) is 0.130. The maximum absolute atomic E-state index is 13.4. The van der Waals surface area contributed by atoms with Crippen LogP contribution >= 0.6 is 11.6 Å². The van der Waals surface area contributed by atoms with Crippen LogP contribution in [-0.2, 0) is 6.54 Å². The van der Waals surface area contributed by atoms with Crippen molar-refractivity contribution in [2.75, 3.05) is 5.32 Å². The molecular formula is C26H26ClN9O2. The Morgan fingerprint density at radius 2 is 2.00 bits per heavy atom. The van der Waals surface area contributed by atoms with Crippen LogP contribution in [0, 0.1) is 6.92 Å². The number of nitrogens with one attached hydrogen (secondary N) is 1. The summed E-state index contributed by atoms with van der Waals surface area (Å²) < 4.78 is 3.37. The molecule has 0 spiro atoms. The zero-order chi connectivity index (χ0) is 26.6. The molecule has 194 valence electrons. The maximum Gasteiger partial charge on any atom is 0.259 e. The molecule has 6 rings (SSSR count). The van der Waals surface area contributed by atoms with Gasteiger partial charge in [-0.25, -0.2) is 4.52 Å². The Balaban J connectivity index is 1.28. The number of aliphatic hydroxyl groups is 1. The van der Waals surface area contributed by atoms with Crippen molar-refractivity contribution in [1.29, 1.82) is 0 Å². The minimum atomic E-state index is -0.890. The molecule has 1 amide bonds. The molecule has 0 atom stereocenters. The highest BCUT2D eigenvalue weighted by Gasteiger charge is 2.27. The number of pyridine rings is 1. The Morgan fingerprint density at radius 1 is 1.18 bits per heavy atom. The quantitative estimate of drug-likeness (QED) is 0.322. The van der Waals surface area contributed by atoms with Crippen LogP contribution in [0.15, 0.2) is 48.9 Å². The van der Waals surface area contributed by atoms with Crippen LogP contribution in [-0.4, -0.2) is 56.2 Å². The van der Waals surface area contributed by atoms with Gasteiger partial charge in [-0.05, 0) is 74.7 Å². The number of amides is 1. The minimum absolute atomic E-state index is 0.322. The molecule has 1 saturated carbocycles. The average Bonchev–Trinajstić information content (AvgIpc) is 3.27. The van der Waals surface area contributed by atoms with Crippen LogP contribution in [0.3, 0.4) is 0 Å². The van der Waals surface area contributed by atoms with E-state index in [4.69, 9.17) is 11.6 Å². The molecule has 11 nitrogen and oxygen atoms in total. The monoisotopic (exact) mass is 531 g/mol. The lowest BCUT2D eigenvalue weighted by Gasteiger charge is -2.16. The Labute approximate surface area is 223 Å². The molecule has 4 aromatic heterocycles. The van der Waals surface area contributed by atoms with Gasteiger partial charge < -0.3 is 10.4 Å². The van der Waals surface area contributed by atoms with E-state index in [9.17, 15) is 9.90 Å². The standard InChI is InChI=1S/C26H26ClN9O2/c1-15-20(13-34(31-15)14-26(2,3)38)16-8-9-35-23(11-16)19(12-28-35)25(37)29-22-10-17(4-7-21(22)27)24-30-33-36(32-24)18-5-6-18/h4,7-13,18,38H,5-6,14H2,1-3H3,(H,29,37). The number of halogens is 1. The van der Waals surface area contributed by atoms with Crippen molar-refractivity contribution < 1.29 is 9.90 Å². The third-order valence-corrected chi connectivity index (χ3v) is 6.68. The zero-order valence-corrected chi connectivity index (χ0v) is 21.9. The van der Waals surface area contributed by atoms with Gasteiger partial charge in [-0.2, -0.15) is 15.0 Å². The van der Waals surface area contributed by atoms with Gasteiger partial charge in [0.15, 0.2) is 0 Å². The largest absolute Gasteiger partial charge is 0.389 e. The third-order valence-electron chi connectivity index (χ3n) is 6.35. The normalized spacial score (nSPS) is 13.8. The Morgan fingerprint density at radius 3 is 2.76 bits per heavy atom. The molecule has 5 aromatic rings. The van der Waals surface area contributed by atoms with Gasteiger partial charge in [0.05, 0.1) is 51.9 Å². The summed E-state index contributed by atoms with van der Waals surface area (Å²) >= 11 is 6.42. The fraction of sp³-hybridized carbons (Fsp3) is 0.308. The van der Waals surface area contributed by atoms with Crippen molar-refractivity contribution in [3.05, 3.63) is 65.2 Å². The highest BCUT2D eigenvalue weighted by atomic mass is 35.5. The summed E-state index contributed by atoms with van der Waals surface area (Å²) in [4.78, 5) is 15.0. The zero-order valence-electron chi connectivity index (χ0n) is 21.1. The van der Waals surface area contributed by atoms with Crippen LogP contribution in [0.5, 0.6) is 0 Å². The number of nitrogens with zero attached hydrogens (tertiary/aromatic N) is 8. The Kier molecular flexibility index (Phi) is 5.77. The molecule has 1 aromatic carbocycles. The van der Waals surface area contributed by atoms with E-state index < -0.39 is 5.60 Å². The second-order valence-corrected chi connectivity index (χ2v) is 10.7. The Bertz CT molecular complexity index is 1670. The smallest absolute Gasteiger partial charge is 0.259 e. The molecule has 1 aliphatic rings. The lowest BCUT2D eigenvalue weighted by atomic mass is 10.1. The molecule has 1 fully saturated rings. The summed E-state index contributed by atoms with van der Waals surface area (Å²) in [6.45, 7) is 5.76. The summed E-state index contributed by atoms with van der Waals surface area (Å²) in [6.07, 6.45) is 7.34. The van der Waals surface area contributed by atoms with Gasteiger partial charge in [0.1, 0.15) is 0 Å². The number of hydrogen-bond acceptors (Lipinski definition) is 7. The van der Waals surface area contributed by atoms with Crippen LogP contribution in [0.25, 0.3) is 28.0 Å². The van der Waals surface area contributed by atoms with E-state index >= 15 is 0 Å². The molecule has 0 radical (unpaired) electrons. The van der Waals surface area contributed by atoms with Crippen molar-refractivity contribution in [2.24, 2.45) is 0 Å². The van der Waals surface area contributed by atoms with E-state index in [1.54, 1.807) is 52.2 Å². The van der Waals surface area contributed by atoms with E-state index in [0.717, 1.165) is 29.7 Å². The fourth-order valence-electron chi connectivity index (χ4n) is 4.35. The molecule has 0 aliphatic heterocycles. The second-order valence-electron chi connectivity index (χ2n) is 10.3. The number of aryl methyl sites for hydroxylation is 1. The number of hydrogen-bond donors (Lipinski definition) is 2. The van der Waals surface area contributed by atoms with E-state index in [1.807, 2.05) is 25.3 Å². The topological polar surface area (TPSA) is 128 Å². The maximum atomic E-state index is 13.4. The third kappa shape index (κ3) is 4.77. The first-order chi connectivity index (χ1) is 18.1. The van der Waals surface area contributed by atoms with Crippen molar-refractivity contribution in [1.82, 2.24) is 39.6 Å². The van der Waals surface area contributed by atoms with Gasteiger partial charge in [-0.15, -0.1) is 10.2 Å². The fourth-order valence-corrected chi connectivity index (χ4v) is 4.52. The molecule has 0 bridgehead atoms. The number of carbonyl (C=O) groups is 1. The summed E-state index contributed by atoms with van der Waals surface area (Å²) in [5, 5.41) is 35.1. The lowest BCUT2D eigenvalue weighted by molar-refractivity contribution is 0.0577. The first-order valence-corrected chi connectivity index (χ1v) is 12.7. The van der Waals surface area contributed by atoms with Crippen molar-refractivity contribution >= 4 is 28.7 Å². The molecule has 0 saturated heterocycles. The highest BCUT2D eigenvalue weighted by molar-refractivity contribution is 6.34. The summed E-state index contributed by atoms with van der Waals surface area (Å²) in [5.41, 5.74) is 3.90. The van der Waals surface area contributed by atoms with Crippen LogP contribution < -0.4 is 5.32 Å². The Hall–Kier alpha value is -4.09. The van der Waals surface area contributed by atoms with Gasteiger partial charge in [-0.3, -0.25) is 9.48 Å². The number of tetrazole rings is 1. The van der Waals surface area contributed by atoms with Crippen LogP contribution in [0.1, 0.15) is 48.8 Å². The average molecular weight is 532 g/mol. The van der Waals surface area contributed by atoms with E-state index in [0.29, 0.717) is 45.8 Å². The van der Waals surface area contributed by atoms with Crippen LogP contribution in [0.2, 0.25) is 5.02 Å². The van der Waals surface area contributed by atoms with Crippen LogP contribution in [0.4, 0.5) is 5.69 Å². The number of anilines is 1. The van der Waals surface area contributed by atoms with Gasteiger partial charge in [0.2, 0.25) is 5.82 Å². The van der Waals surface area contributed by atoms with Gasteiger partial charge in [0, 0.05) is 23.5 Å². The molecule has 0 unspecified atom stereocenters. The number of benzene rings is 1. The molecule has 38 heavy (non-hydrogen) atoms. The predicted molar refractivity (Wildman–Crippen MR) is 142 cm³/mol. The molecular weight excluding hydrogens is 506 g/mol. The van der Waals surface area contributed by atoms with Gasteiger partial charge in [0.25, 0.3) is 5.91 Å². The van der Waals surface area contributed by atoms with E-state index in [-0.39, 0.29) is 5.91 Å².